The van der Waals surface area contributed by atoms with E-state index in [0.717, 1.165) is 37.3 Å². The van der Waals surface area contributed by atoms with E-state index in [-0.39, 0.29) is 22.8 Å². The summed E-state index contributed by atoms with van der Waals surface area (Å²) in [4.78, 5) is 16.9. The van der Waals surface area contributed by atoms with Crippen molar-refractivity contribution in [2.75, 3.05) is 33.2 Å². The van der Waals surface area contributed by atoms with Crippen molar-refractivity contribution in [3.05, 3.63) is 59.7 Å². The molecule has 2 aromatic carbocycles. The van der Waals surface area contributed by atoms with E-state index >= 15 is 0 Å². The Bertz CT molecular complexity index is 718. The topological polar surface area (TPSA) is 64.0 Å². The molecule has 0 unspecified atom stereocenters. The molecular formula is C22H28N2O3. The van der Waals surface area contributed by atoms with Crippen LogP contribution >= 0.6 is 0 Å². The van der Waals surface area contributed by atoms with Gasteiger partial charge in [0.05, 0.1) is 0 Å². The van der Waals surface area contributed by atoms with Crippen molar-refractivity contribution in [2.24, 2.45) is 0 Å². The van der Waals surface area contributed by atoms with Crippen LogP contribution in [0.4, 0.5) is 0 Å². The zero-order valence-electron chi connectivity index (χ0n) is 16.1. The molecule has 0 radical (unpaired) electrons. The summed E-state index contributed by atoms with van der Waals surface area (Å²) in [6.07, 6.45) is 1.12. The summed E-state index contributed by atoms with van der Waals surface area (Å²) in [7, 11) is 2.08. The molecule has 0 spiro atoms. The maximum Gasteiger partial charge on any atom is 0.222 e. The number of nitrogens with zero attached hydrogens (tertiary/aromatic N) is 2. The molecular weight excluding hydrogens is 340 g/mol. The van der Waals surface area contributed by atoms with Gasteiger partial charge in [-0.1, -0.05) is 31.2 Å². The molecule has 1 aliphatic heterocycles. The van der Waals surface area contributed by atoms with Gasteiger partial charge in [-0.05, 0) is 48.9 Å². The molecule has 0 bridgehead atoms. The number of benzene rings is 2. The minimum absolute atomic E-state index is 0.187. The molecule has 5 heteroatoms. The SMILES string of the molecule is CN1CCN(C(=O)CCC(C)(c2ccc(O)cc2)c2ccc(O)cc2)CC1. The van der Waals surface area contributed by atoms with Crippen molar-refractivity contribution in [1.29, 1.82) is 0 Å². The van der Waals surface area contributed by atoms with Crippen molar-refractivity contribution in [3.8, 4) is 11.5 Å². The Hall–Kier alpha value is -2.53. The van der Waals surface area contributed by atoms with Crippen molar-refractivity contribution >= 4 is 5.91 Å². The van der Waals surface area contributed by atoms with Crippen LogP contribution < -0.4 is 0 Å². The standard InChI is InChI=1S/C22H28N2O3/c1-22(17-3-7-19(25)8-4-17,18-5-9-20(26)10-6-18)12-11-21(27)24-15-13-23(2)14-16-24/h3-10,25-26H,11-16H2,1-2H3. The lowest BCUT2D eigenvalue weighted by atomic mass is 9.73. The molecule has 1 heterocycles. The number of phenolic OH excluding ortho intramolecular Hbond substituents is 2. The molecule has 0 saturated carbocycles. The highest BCUT2D eigenvalue weighted by Gasteiger charge is 2.31. The van der Waals surface area contributed by atoms with Gasteiger partial charge < -0.3 is 20.0 Å². The summed E-state index contributed by atoms with van der Waals surface area (Å²) >= 11 is 0. The van der Waals surface area contributed by atoms with E-state index in [4.69, 9.17) is 0 Å². The van der Waals surface area contributed by atoms with E-state index in [1.54, 1.807) is 24.3 Å². The van der Waals surface area contributed by atoms with E-state index in [1.807, 2.05) is 29.2 Å². The summed E-state index contributed by atoms with van der Waals surface area (Å²) in [6.45, 7) is 5.51. The zero-order chi connectivity index (χ0) is 19.4. The van der Waals surface area contributed by atoms with Crippen LogP contribution in [0.1, 0.15) is 30.9 Å². The Kier molecular flexibility index (Phi) is 5.71. The monoisotopic (exact) mass is 368 g/mol. The van der Waals surface area contributed by atoms with E-state index in [1.165, 1.54) is 0 Å². The average molecular weight is 368 g/mol. The van der Waals surface area contributed by atoms with Gasteiger partial charge in [-0.25, -0.2) is 0 Å². The van der Waals surface area contributed by atoms with Crippen LogP contribution in [0.25, 0.3) is 0 Å². The number of carbonyl (C=O) groups excluding carboxylic acids is 1. The second-order valence-electron chi connectivity index (χ2n) is 7.61. The van der Waals surface area contributed by atoms with E-state index < -0.39 is 0 Å². The molecule has 1 amide bonds. The molecule has 0 atom stereocenters. The highest BCUT2D eigenvalue weighted by atomic mass is 16.3. The Morgan fingerprint density at radius 2 is 1.33 bits per heavy atom. The summed E-state index contributed by atoms with van der Waals surface area (Å²) in [5, 5.41) is 19.3. The predicted octanol–water partition coefficient (Wildman–Crippen LogP) is 2.96. The average Bonchev–Trinajstić information content (AvgIpc) is 2.67. The fourth-order valence-corrected chi connectivity index (χ4v) is 3.68. The first-order chi connectivity index (χ1) is 12.9. The summed E-state index contributed by atoms with van der Waals surface area (Å²) in [6, 6.07) is 14.3. The predicted molar refractivity (Wildman–Crippen MR) is 106 cm³/mol. The molecule has 2 N–H and O–H groups in total. The first-order valence-corrected chi connectivity index (χ1v) is 9.44. The largest absolute Gasteiger partial charge is 0.508 e. The first-order valence-electron chi connectivity index (χ1n) is 9.44. The quantitative estimate of drug-likeness (QED) is 0.852. The third-order valence-corrected chi connectivity index (χ3v) is 5.70. The number of hydrogen-bond acceptors (Lipinski definition) is 4. The van der Waals surface area contributed by atoms with Crippen molar-refractivity contribution in [3.63, 3.8) is 0 Å². The van der Waals surface area contributed by atoms with Crippen LogP contribution in [-0.2, 0) is 10.2 Å². The van der Waals surface area contributed by atoms with E-state index in [2.05, 4.69) is 18.9 Å². The molecule has 1 fully saturated rings. The second kappa shape index (κ2) is 8.01. The molecule has 0 aliphatic carbocycles. The molecule has 2 aromatic rings. The lowest BCUT2D eigenvalue weighted by molar-refractivity contribution is -0.133. The van der Waals surface area contributed by atoms with Gasteiger partial charge in [-0.2, -0.15) is 0 Å². The second-order valence-corrected chi connectivity index (χ2v) is 7.61. The molecule has 27 heavy (non-hydrogen) atoms. The number of aromatic hydroxyl groups is 2. The normalized spacial score (nSPS) is 15.7. The Morgan fingerprint density at radius 1 is 0.889 bits per heavy atom. The van der Waals surface area contributed by atoms with Crippen LogP contribution in [-0.4, -0.2) is 59.1 Å². The highest BCUT2D eigenvalue weighted by molar-refractivity contribution is 5.76. The Morgan fingerprint density at radius 3 is 1.78 bits per heavy atom. The van der Waals surface area contributed by atoms with Gasteiger partial charge in [-0.15, -0.1) is 0 Å². The molecule has 144 valence electrons. The van der Waals surface area contributed by atoms with Gasteiger partial charge in [0.15, 0.2) is 0 Å². The van der Waals surface area contributed by atoms with Gasteiger partial charge in [0.2, 0.25) is 5.91 Å². The van der Waals surface area contributed by atoms with Gasteiger partial charge in [-0.3, -0.25) is 4.79 Å². The third kappa shape index (κ3) is 4.42. The van der Waals surface area contributed by atoms with Crippen LogP contribution in [0.3, 0.4) is 0 Å². The Balaban J connectivity index is 1.80. The minimum Gasteiger partial charge on any atom is -0.508 e. The molecule has 5 nitrogen and oxygen atoms in total. The molecule has 1 saturated heterocycles. The number of hydrogen-bond donors (Lipinski definition) is 2. The summed E-state index contributed by atoms with van der Waals surface area (Å²) in [5.41, 5.74) is 1.69. The third-order valence-electron chi connectivity index (χ3n) is 5.70. The smallest absolute Gasteiger partial charge is 0.222 e. The summed E-state index contributed by atoms with van der Waals surface area (Å²) in [5.74, 6) is 0.632. The number of likely N-dealkylation sites (N-methyl/N-ethyl adjacent to an activating group) is 1. The maximum absolute atomic E-state index is 12.7. The van der Waals surface area contributed by atoms with Gasteiger partial charge >= 0.3 is 0 Å². The first kappa shape index (κ1) is 19.2. The van der Waals surface area contributed by atoms with Crippen molar-refractivity contribution in [2.45, 2.75) is 25.2 Å². The fourth-order valence-electron chi connectivity index (χ4n) is 3.68. The summed E-state index contributed by atoms with van der Waals surface area (Å²) < 4.78 is 0. The molecule has 1 aliphatic rings. The van der Waals surface area contributed by atoms with Crippen LogP contribution in [0, 0.1) is 0 Å². The van der Waals surface area contributed by atoms with Gasteiger partial charge in [0.1, 0.15) is 11.5 Å². The number of carbonyl (C=O) groups is 1. The fraction of sp³-hybridized carbons (Fsp3) is 0.409. The number of amides is 1. The zero-order valence-corrected chi connectivity index (χ0v) is 16.1. The minimum atomic E-state index is -0.385. The van der Waals surface area contributed by atoms with Crippen LogP contribution in [0.15, 0.2) is 48.5 Å². The van der Waals surface area contributed by atoms with Crippen molar-refractivity contribution in [1.82, 2.24) is 9.80 Å². The van der Waals surface area contributed by atoms with E-state index in [0.29, 0.717) is 12.8 Å². The molecule has 3 rings (SSSR count). The van der Waals surface area contributed by atoms with Gasteiger partial charge in [0.25, 0.3) is 0 Å². The Labute approximate surface area is 160 Å². The van der Waals surface area contributed by atoms with Crippen LogP contribution in [0.2, 0.25) is 0 Å². The molecule has 0 aromatic heterocycles. The lowest BCUT2D eigenvalue weighted by Gasteiger charge is -2.35. The maximum atomic E-state index is 12.7. The number of rotatable bonds is 5. The van der Waals surface area contributed by atoms with E-state index in [9.17, 15) is 15.0 Å². The van der Waals surface area contributed by atoms with Gasteiger partial charge in [0, 0.05) is 38.0 Å². The number of phenols is 2. The number of piperazine rings is 1. The van der Waals surface area contributed by atoms with Crippen molar-refractivity contribution < 1.29 is 15.0 Å². The lowest BCUT2D eigenvalue weighted by Crippen LogP contribution is -2.47. The highest BCUT2D eigenvalue weighted by Crippen LogP contribution is 2.38. The van der Waals surface area contributed by atoms with Crippen LogP contribution in [0.5, 0.6) is 11.5 Å².